The summed E-state index contributed by atoms with van der Waals surface area (Å²) in [7, 11) is -1.74. The number of aryl methyl sites for hydroxylation is 1. The van der Waals surface area contributed by atoms with E-state index in [2.05, 4.69) is 12.2 Å². The molecule has 4 N–H and O–H groups in total. The van der Waals surface area contributed by atoms with E-state index in [1.54, 1.807) is 18.2 Å². The molecule has 0 aliphatic rings. The van der Waals surface area contributed by atoms with E-state index in [0.717, 1.165) is 12.8 Å². The summed E-state index contributed by atoms with van der Waals surface area (Å²) in [4.78, 5) is 34.0. The Kier molecular flexibility index (Phi) is 14.5. The lowest BCUT2D eigenvalue weighted by molar-refractivity contribution is -0.140. The van der Waals surface area contributed by atoms with Crippen LogP contribution in [0.3, 0.4) is 0 Å². The molecule has 9 heteroatoms. The third-order valence-corrected chi connectivity index (χ3v) is 8.28. The van der Waals surface area contributed by atoms with Crippen molar-refractivity contribution in [2.24, 2.45) is 0 Å². The number of anilines is 1. The Morgan fingerprint density at radius 1 is 0.872 bits per heavy atom. The largest absolute Gasteiger partial charge is 0.481 e. The van der Waals surface area contributed by atoms with Gasteiger partial charge in [-0.3, -0.25) is 18.6 Å². The van der Waals surface area contributed by atoms with Crippen LogP contribution in [0.25, 0.3) is 0 Å². The zero-order valence-corrected chi connectivity index (χ0v) is 23.5. The number of benzene rings is 2. The second kappa shape index (κ2) is 17.5. The van der Waals surface area contributed by atoms with Crippen molar-refractivity contribution in [2.45, 2.75) is 100 Å². The van der Waals surface area contributed by atoms with Crippen LogP contribution < -0.4 is 5.32 Å². The standard InChI is InChI=1S/C30H41NO7S/c1-2-3-4-5-6-7-8-11-22-16-18-23(19-17-22)30(26(32)14-10-15-28(34)35)39(38)25-13-9-12-24(20-25)31-27(33)21-29(36)37/h9,12-13,16-20,26,30,32H,2-8,10-11,14-15,21H2,1H3,(H,31,33)(H,34,35)(H,36,37). The fourth-order valence-electron chi connectivity index (χ4n) is 4.45. The number of carboxylic acids is 2. The monoisotopic (exact) mass is 559 g/mol. The van der Waals surface area contributed by atoms with Crippen LogP contribution >= 0.6 is 0 Å². The lowest BCUT2D eigenvalue weighted by Gasteiger charge is -2.23. The normalized spacial score (nSPS) is 13.4. The predicted molar refractivity (Wildman–Crippen MR) is 152 cm³/mol. The number of amides is 1. The molecule has 0 saturated carbocycles. The van der Waals surface area contributed by atoms with Crippen LogP contribution in [0.15, 0.2) is 53.4 Å². The maximum atomic E-state index is 13.7. The maximum absolute atomic E-state index is 13.7. The molecule has 3 unspecified atom stereocenters. The number of aliphatic hydroxyl groups is 1. The molecule has 39 heavy (non-hydrogen) atoms. The van der Waals surface area contributed by atoms with Gasteiger partial charge in [-0.15, -0.1) is 0 Å². The molecular formula is C30H41NO7S. The summed E-state index contributed by atoms with van der Waals surface area (Å²) in [6.07, 6.45) is 8.10. The van der Waals surface area contributed by atoms with Gasteiger partial charge in [0.15, 0.2) is 0 Å². The number of carbonyl (C=O) groups excluding carboxylic acids is 1. The highest BCUT2D eigenvalue weighted by atomic mass is 32.2. The first-order valence-corrected chi connectivity index (χ1v) is 14.9. The number of carbonyl (C=O) groups is 3. The van der Waals surface area contributed by atoms with Crippen LogP contribution in [0, 0.1) is 0 Å². The Bertz CT molecular complexity index is 1090. The van der Waals surface area contributed by atoms with E-state index in [9.17, 15) is 23.7 Å². The quantitative estimate of drug-likeness (QED) is 0.125. The van der Waals surface area contributed by atoms with Gasteiger partial charge in [0.1, 0.15) is 6.42 Å². The van der Waals surface area contributed by atoms with Gasteiger partial charge in [-0.2, -0.15) is 0 Å². The lowest BCUT2D eigenvalue weighted by Crippen LogP contribution is -2.23. The average molecular weight is 560 g/mol. The molecule has 3 atom stereocenters. The summed E-state index contributed by atoms with van der Waals surface area (Å²) in [5.74, 6) is -2.92. The van der Waals surface area contributed by atoms with Crippen molar-refractivity contribution in [2.75, 3.05) is 5.32 Å². The van der Waals surface area contributed by atoms with Gasteiger partial charge in [0.2, 0.25) is 5.91 Å². The third-order valence-electron chi connectivity index (χ3n) is 6.51. The molecule has 1 amide bonds. The maximum Gasteiger partial charge on any atom is 0.312 e. The minimum absolute atomic E-state index is 0.0983. The Balaban J connectivity index is 2.15. The molecular weight excluding hydrogens is 518 g/mol. The molecule has 0 aliphatic carbocycles. The highest BCUT2D eigenvalue weighted by Gasteiger charge is 2.29. The van der Waals surface area contributed by atoms with Crippen molar-refractivity contribution in [3.8, 4) is 0 Å². The molecule has 0 saturated heterocycles. The van der Waals surface area contributed by atoms with E-state index >= 15 is 0 Å². The number of carboxylic acid groups (broad SMARTS) is 2. The van der Waals surface area contributed by atoms with Gasteiger partial charge in [0, 0.05) is 17.0 Å². The first-order chi connectivity index (χ1) is 18.7. The number of nitrogens with one attached hydrogen (secondary N) is 1. The van der Waals surface area contributed by atoms with Crippen molar-refractivity contribution in [1.82, 2.24) is 0 Å². The SMILES string of the molecule is CCCCCCCCCc1ccc(C(C(O)CCCC(=O)O)S(=O)c2cccc(NC(=O)CC(=O)O)c2)cc1. The zero-order chi connectivity index (χ0) is 28.6. The number of hydrogen-bond donors (Lipinski definition) is 4. The topological polar surface area (TPSA) is 141 Å². The van der Waals surface area contributed by atoms with Gasteiger partial charge >= 0.3 is 11.9 Å². The van der Waals surface area contributed by atoms with E-state index in [0.29, 0.717) is 16.1 Å². The van der Waals surface area contributed by atoms with Crippen LogP contribution in [0.4, 0.5) is 5.69 Å². The van der Waals surface area contributed by atoms with Gasteiger partial charge in [0.25, 0.3) is 0 Å². The Morgan fingerprint density at radius 2 is 1.54 bits per heavy atom. The number of rotatable bonds is 19. The van der Waals surface area contributed by atoms with Gasteiger partial charge < -0.3 is 20.6 Å². The highest BCUT2D eigenvalue weighted by Crippen LogP contribution is 2.32. The Hall–Kier alpha value is -3.04. The molecule has 2 aromatic carbocycles. The number of aliphatic hydroxyl groups excluding tert-OH is 1. The van der Waals surface area contributed by atoms with Crippen LogP contribution in [-0.2, 0) is 31.6 Å². The Labute approximate surface area is 233 Å². The first-order valence-electron chi connectivity index (χ1n) is 13.7. The minimum atomic E-state index is -1.74. The van der Waals surface area contributed by atoms with Crippen LogP contribution in [0.2, 0.25) is 0 Å². The second-order valence-electron chi connectivity index (χ2n) is 9.83. The van der Waals surface area contributed by atoms with Gasteiger partial charge in [0.05, 0.1) is 22.2 Å². The summed E-state index contributed by atoms with van der Waals surface area (Å²) in [6, 6.07) is 14.0. The van der Waals surface area contributed by atoms with Crippen LogP contribution in [0.1, 0.15) is 93.9 Å². The first kappa shape index (κ1) is 32.2. The van der Waals surface area contributed by atoms with E-state index in [1.807, 2.05) is 24.3 Å². The molecule has 8 nitrogen and oxygen atoms in total. The smallest absolute Gasteiger partial charge is 0.312 e. The number of aliphatic carboxylic acids is 2. The molecule has 2 rings (SSSR count). The summed E-state index contributed by atoms with van der Waals surface area (Å²) >= 11 is 0. The van der Waals surface area contributed by atoms with Crippen LogP contribution in [-0.4, -0.2) is 43.5 Å². The second-order valence-corrected chi connectivity index (χ2v) is 11.4. The molecule has 2 aromatic rings. The summed E-state index contributed by atoms with van der Waals surface area (Å²) in [5.41, 5.74) is 2.15. The Morgan fingerprint density at radius 3 is 2.18 bits per heavy atom. The van der Waals surface area contributed by atoms with Gasteiger partial charge in [-0.05, 0) is 55.0 Å². The van der Waals surface area contributed by atoms with Crippen molar-refractivity contribution in [3.63, 3.8) is 0 Å². The fourth-order valence-corrected chi connectivity index (χ4v) is 6.03. The van der Waals surface area contributed by atoms with Crippen molar-refractivity contribution in [3.05, 3.63) is 59.7 Å². The number of unbranched alkanes of at least 4 members (excludes halogenated alkanes) is 6. The van der Waals surface area contributed by atoms with Crippen molar-refractivity contribution < 1.29 is 33.9 Å². The van der Waals surface area contributed by atoms with Crippen molar-refractivity contribution >= 4 is 34.3 Å². The molecule has 0 heterocycles. The zero-order valence-electron chi connectivity index (χ0n) is 22.6. The van der Waals surface area contributed by atoms with E-state index in [1.165, 1.54) is 50.2 Å². The van der Waals surface area contributed by atoms with E-state index < -0.39 is 46.4 Å². The molecule has 0 aliphatic heterocycles. The summed E-state index contributed by atoms with van der Waals surface area (Å²) < 4.78 is 13.7. The third kappa shape index (κ3) is 12.1. The fraction of sp³-hybridized carbons (Fsp3) is 0.500. The van der Waals surface area contributed by atoms with Crippen LogP contribution in [0.5, 0.6) is 0 Å². The molecule has 0 aromatic heterocycles. The molecule has 0 spiro atoms. The molecule has 214 valence electrons. The molecule has 0 bridgehead atoms. The van der Waals surface area contributed by atoms with Crippen molar-refractivity contribution in [1.29, 1.82) is 0 Å². The highest BCUT2D eigenvalue weighted by molar-refractivity contribution is 7.85. The van der Waals surface area contributed by atoms with E-state index in [-0.39, 0.29) is 19.3 Å². The molecule has 0 fully saturated rings. The summed E-state index contributed by atoms with van der Waals surface area (Å²) in [6.45, 7) is 2.21. The minimum Gasteiger partial charge on any atom is -0.481 e. The average Bonchev–Trinajstić information content (AvgIpc) is 2.88. The van der Waals surface area contributed by atoms with E-state index in [4.69, 9.17) is 10.2 Å². The molecule has 0 radical (unpaired) electrons. The summed E-state index contributed by atoms with van der Waals surface area (Å²) in [5, 5.41) is 30.5. The van der Waals surface area contributed by atoms with Gasteiger partial charge in [-0.1, -0.05) is 75.8 Å². The number of hydrogen-bond acceptors (Lipinski definition) is 5. The van der Waals surface area contributed by atoms with Gasteiger partial charge in [-0.25, -0.2) is 0 Å². The lowest BCUT2D eigenvalue weighted by atomic mass is 9.99. The predicted octanol–water partition coefficient (Wildman–Crippen LogP) is 5.86.